The Morgan fingerprint density at radius 2 is 1.64 bits per heavy atom. The normalized spacial score (nSPS) is 17.8. The molecule has 0 bridgehead atoms. The molecule has 2 aliphatic heterocycles. The van der Waals surface area contributed by atoms with Crippen LogP contribution in [0.3, 0.4) is 0 Å². The lowest BCUT2D eigenvalue weighted by atomic mass is 9.87. The zero-order valence-corrected chi connectivity index (χ0v) is 31.7. The Morgan fingerprint density at radius 3 is 2.23 bits per heavy atom. The fourth-order valence-corrected chi connectivity index (χ4v) is 7.87. The number of benzene rings is 2. The highest BCUT2D eigenvalue weighted by atomic mass is 32.1. The molecule has 2 saturated heterocycles. The number of carbonyl (C=O) groups is 2. The maximum atomic E-state index is 14.3. The predicted octanol–water partition coefficient (Wildman–Crippen LogP) is 4.65. The van der Waals surface area contributed by atoms with Crippen LogP contribution in [0, 0.1) is 31.1 Å². The Balaban J connectivity index is 1.18. The van der Waals surface area contributed by atoms with E-state index in [1.165, 1.54) is 17.4 Å². The molecule has 2 fully saturated rings. The first-order valence-electron chi connectivity index (χ1n) is 17.4. The van der Waals surface area contributed by atoms with Gasteiger partial charge in [-0.05, 0) is 60.9 Å². The van der Waals surface area contributed by atoms with Gasteiger partial charge in [-0.2, -0.15) is 5.26 Å². The molecule has 12 nitrogen and oxygen atoms in total. The average Bonchev–Trinajstić information content (AvgIpc) is 3.88. The molecule has 2 aromatic carbocycles. The number of methoxy groups -OCH3 is 3. The van der Waals surface area contributed by atoms with E-state index in [2.05, 4.69) is 9.88 Å². The number of rotatable bonds is 10. The van der Waals surface area contributed by atoms with Gasteiger partial charge >= 0.3 is 0 Å². The van der Waals surface area contributed by atoms with Crippen LogP contribution in [-0.2, 0) is 23.2 Å². The van der Waals surface area contributed by atoms with E-state index in [-0.39, 0.29) is 29.5 Å². The second-order valence-electron chi connectivity index (χ2n) is 13.4. The summed E-state index contributed by atoms with van der Waals surface area (Å²) < 4.78 is 18.7. The van der Waals surface area contributed by atoms with Gasteiger partial charge in [-0.15, -0.1) is 11.3 Å². The number of aryl methyl sites for hydroxylation is 1. The fraction of sp³-hybridized carbons (Fsp3) is 0.375. The first-order chi connectivity index (χ1) is 25.6. The van der Waals surface area contributed by atoms with Crippen molar-refractivity contribution in [1.29, 1.82) is 5.26 Å². The van der Waals surface area contributed by atoms with Gasteiger partial charge in [-0.3, -0.25) is 19.3 Å². The van der Waals surface area contributed by atoms with Crippen LogP contribution in [0.15, 0.2) is 64.5 Å². The minimum Gasteiger partial charge on any atom is -0.497 e. The van der Waals surface area contributed by atoms with Crippen molar-refractivity contribution in [1.82, 2.24) is 24.3 Å². The van der Waals surface area contributed by atoms with Crippen LogP contribution >= 0.6 is 11.3 Å². The van der Waals surface area contributed by atoms with E-state index in [9.17, 15) is 19.6 Å². The summed E-state index contributed by atoms with van der Waals surface area (Å²) in [6, 6.07) is 13.6. The largest absolute Gasteiger partial charge is 0.497 e. The molecule has 53 heavy (non-hydrogen) atoms. The molecular weight excluding hydrogens is 693 g/mol. The van der Waals surface area contributed by atoms with Crippen LogP contribution in [0.1, 0.15) is 33.2 Å². The van der Waals surface area contributed by atoms with Gasteiger partial charge in [0.2, 0.25) is 5.91 Å². The number of aromatic nitrogens is 2. The van der Waals surface area contributed by atoms with E-state index in [1.54, 1.807) is 49.4 Å². The summed E-state index contributed by atoms with van der Waals surface area (Å²) in [6.45, 7) is 7.17. The summed E-state index contributed by atoms with van der Waals surface area (Å²) in [6.07, 6.45) is 4.98. The summed E-state index contributed by atoms with van der Waals surface area (Å²) in [5.41, 5.74) is 5.24. The molecule has 13 heteroatoms. The number of piperazine rings is 1. The van der Waals surface area contributed by atoms with Crippen molar-refractivity contribution in [3.63, 3.8) is 0 Å². The smallest absolute Gasteiger partial charge is 0.264 e. The molecule has 0 N–H and O–H groups in total. The number of hydrogen-bond donors (Lipinski definition) is 0. The number of pyridine rings is 1. The summed E-state index contributed by atoms with van der Waals surface area (Å²) in [5, 5.41) is 12.2. The van der Waals surface area contributed by atoms with E-state index >= 15 is 0 Å². The molecule has 0 saturated carbocycles. The maximum Gasteiger partial charge on any atom is 0.264 e. The van der Waals surface area contributed by atoms with Gasteiger partial charge in [0, 0.05) is 87.7 Å². The minimum atomic E-state index is -0.476. The number of likely N-dealkylation sites (tertiary alicyclic amines) is 1. The van der Waals surface area contributed by atoms with Crippen molar-refractivity contribution in [3.8, 4) is 34.4 Å². The zero-order valence-electron chi connectivity index (χ0n) is 30.9. The number of ether oxygens (including phenoxy) is 3. The number of nitriles is 1. The number of nitrogens with zero attached hydrogens (tertiary/aromatic N) is 6. The Labute approximate surface area is 313 Å². The molecule has 4 heterocycles. The minimum absolute atomic E-state index is 0.00588. The second-order valence-corrected chi connectivity index (χ2v) is 14.3. The van der Waals surface area contributed by atoms with Gasteiger partial charge in [-0.1, -0.05) is 12.1 Å². The van der Waals surface area contributed by atoms with Crippen molar-refractivity contribution in [2.45, 2.75) is 26.3 Å². The lowest BCUT2D eigenvalue weighted by Gasteiger charge is -2.37. The number of hydrogen-bond acceptors (Lipinski definition) is 10. The molecule has 2 aliphatic rings. The Morgan fingerprint density at radius 1 is 0.962 bits per heavy atom. The van der Waals surface area contributed by atoms with E-state index in [0.29, 0.717) is 67.1 Å². The van der Waals surface area contributed by atoms with Gasteiger partial charge in [0.05, 0.1) is 32.8 Å². The van der Waals surface area contributed by atoms with Crippen LogP contribution in [0.2, 0.25) is 0 Å². The molecule has 0 spiro atoms. The van der Waals surface area contributed by atoms with Crippen molar-refractivity contribution in [3.05, 3.63) is 97.4 Å². The lowest BCUT2D eigenvalue weighted by Crippen LogP contribution is -2.50. The molecule has 0 aliphatic carbocycles. The van der Waals surface area contributed by atoms with Gasteiger partial charge < -0.3 is 28.6 Å². The number of amides is 2. The van der Waals surface area contributed by atoms with E-state index in [1.807, 2.05) is 67.4 Å². The number of thiazole rings is 1. The third kappa shape index (κ3) is 7.70. The van der Waals surface area contributed by atoms with E-state index in [4.69, 9.17) is 14.2 Å². The monoisotopic (exact) mass is 736 g/mol. The van der Waals surface area contributed by atoms with Gasteiger partial charge in [0.1, 0.15) is 33.9 Å². The highest BCUT2D eigenvalue weighted by molar-refractivity contribution is 7.10. The lowest BCUT2D eigenvalue weighted by molar-refractivity contribution is -0.137. The highest BCUT2D eigenvalue weighted by Gasteiger charge is 2.43. The van der Waals surface area contributed by atoms with Crippen LogP contribution in [0.5, 0.6) is 17.2 Å². The van der Waals surface area contributed by atoms with Crippen molar-refractivity contribution >= 4 is 29.2 Å². The summed E-state index contributed by atoms with van der Waals surface area (Å²) >= 11 is 1.35. The van der Waals surface area contributed by atoms with Gasteiger partial charge in [-0.25, -0.2) is 4.98 Å². The third-order valence-corrected chi connectivity index (χ3v) is 11.2. The van der Waals surface area contributed by atoms with Crippen LogP contribution in [0.4, 0.5) is 0 Å². The molecule has 4 aromatic rings. The summed E-state index contributed by atoms with van der Waals surface area (Å²) in [5.74, 6) is 0.932. The van der Waals surface area contributed by atoms with Crippen LogP contribution < -0.4 is 19.8 Å². The van der Waals surface area contributed by atoms with Crippen molar-refractivity contribution < 1.29 is 23.8 Å². The average molecular weight is 737 g/mol. The summed E-state index contributed by atoms with van der Waals surface area (Å²) in [7, 11) is 6.63. The first kappa shape index (κ1) is 37.3. The third-order valence-electron chi connectivity index (χ3n) is 10.5. The molecule has 276 valence electrons. The molecule has 0 unspecified atom stereocenters. The SMILES string of the molecule is COc1ccc([C@@H]2CN(C(=O)/C(C#N)=C/c3nccs3)C[C@H]2C(=O)N2CCN(Cc3c(OC)cc(-c4cn(C)c(=O)c(C)c4C)cc3OC)CC2)cc1. The molecule has 2 atom stereocenters. The standard InChI is InChI=1S/C40H44N6O6S/c1-25-26(2)38(47)43(3)21-31(25)28-17-35(51-5)34(36(18-28)52-6)22-44-12-14-45(15-13-44)40(49)33-24-46(23-32(33)27-7-9-30(50-4)10-8-27)39(48)29(20-41)19-37-42-11-16-53-37/h7-11,16-19,21,32-33H,12-15,22-24H2,1-6H3/b29-19+/t32-,33+/m0/s1. The molecule has 0 radical (unpaired) electrons. The Hall–Kier alpha value is -5.45. The Bertz CT molecular complexity index is 2090. The van der Waals surface area contributed by atoms with Crippen molar-refractivity contribution in [2.24, 2.45) is 13.0 Å². The first-order valence-corrected chi connectivity index (χ1v) is 18.3. The summed E-state index contributed by atoms with van der Waals surface area (Å²) in [4.78, 5) is 50.4. The quantitative estimate of drug-likeness (QED) is 0.169. The van der Waals surface area contributed by atoms with E-state index < -0.39 is 11.8 Å². The molecule has 6 rings (SSSR count). The fourth-order valence-electron chi connectivity index (χ4n) is 7.30. The van der Waals surface area contributed by atoms with Crippen molar-refractivity contribution in [2.75, 3.05) is 60.6 Å². The predicted molar refractivity (Wildman–Crippen MR) is 203 cm³/mol. The van der Waals surface area contributed by atoms with Gasteiger partial charge in [0.25, 0.3) is 11.5 Å². The zero-order chi connectivity index (χ0) is 37.8. The maximum absolute atomic E-state index is 14.3. The molecular formula is C40H44N6O6S. The van der Waals surface area contributed by atoms with E-state index in [0.717, 1.165) is 27.8 Å². The highest BCUT2D eigenvalue weighted by Crippen LogP contribution is 2.38. The topological polar surface area (TPSA) is 130 Å². The van der Waals surface area contributed by atoms with Crippen LogP contribution in [-0.4, -0.2) is 96.7 Å². The number of carbonyl (C=O) groups excluding carboxylic acids is 2. The molecule has 2 aromatic heterocycles. The second kappa shape index (κ2) is 16.1. The Kier molecular flexibility index (Phi) is 11.3. The van der Waals surface area contributed by atoms with Crippen LogP contribution in [0.25, 0.3) is 17.2 Å². The molecule has 2 amide bonds. The van der Waals surface area contributed by atoms with Gasteiger partial charge in [0.15, 0.2) is 0 Å².